The van der Waals surface area contributed by atoms with Gasteiger partial charge >= 0.3 is 0 Å². The zero-order chi connectivity index (χ0) is 10.4. The predicted molar refractivity (Wildman–Crippen MR) is 59.4 cm³/mol. The molecule has 0 radical (unpaired) electrons. The number of unbranched alkanes of at least 4 members (excludes halogenated alkanes) is 2. The Morgan fingerprint density at radius 1 is 1.36 bits per heavy atom. The van der Waals surface area contributed by atoms with E-state index in [4.69, 9.17) is 0 Å². The average Bonchev–Trinajstić information content (AvgIpc) is 2.67. The number of Topliss-reactive ketones (excluding diaryl/α,β-unsaturated/α-hetero) is 1. The van der Waals surface area contributed by atoms with Crippen molar-refractivity contribution in [2.75, 3.05) is 6.54 Å². The highest BCUT2D eigenvalue weighted by molar-refractivity contribution is 5.88. The largest absolute Gasteiger partial charge is 0.305 e. The molecule has 1 unspecified atom stereocenters. The second-order valence-electron chi connectivity index (χ2n) is 4.35. The molecule has 1 atom stereocenters. The van der Waals surface area contributed by atoms with Gasteiger partial charge in [0.15, 0.2) is 5.78 Å². The first-order valence-corrected chi connectivity index (χ1v) is 6.03. The second kappa shape index (κ2) is 5.50. The number of hydrogen-bond acceptors (Lipinski definition) is 2. The number of ketones is 1. The molecule has 0 bridgehead atoms. The van der Waals surface area contributed by atoms with E-state index in [0.29, 0.717) is 5.78 Å². The third-order valence-corrected chi connectivity index (χ3v) is 3.39. The molecule has 0 saturated carbocycles. The maximum atomic E-state index is 12.0. The first-order chi connectivity index (χ1) is 6.75. The van der Waals surface area contributed by atoms with Gasteiger partial charge in [0, 0.05) is 6.42 Å². The van der Waals surface area contributed by atoms with E-state index in [9.17, 15) is 4.79 Å². The number of hydrogen-bond donors (Lipinski definition) is 1. The van der Waals surface area contributed by atoms with Gasteiger partial charge in [-0.1, -0.05) is 26.7 Å². The van der Waals surface area contributed by atoms with Crippen LogP contribution in [0.15, 0.2) is 0 Å². The third-order valence-electron chi connectivity index (χ3n) is 3.39. The maximum absolute atomic E-state index is 12.0. The molecule has 2 heteroatoms. The molecule has 0 aromatic carbocycles. The fourth-order valence-electron chi connectivity index (χ4n) is 2.32. The molecule has 82 valence electrons. The zero-order valence-electron chi connectivity index (χ0n) is 9.57. The zero-order valence-corrected chi connectivity index (χ0v) is 9.57. The SMILES string of the molecule is CCCCCC(=O)C1(CC)CCCN1. The van der Waals surface area contributed by atoms with Gasteiger partial charge in [0.1, 0.15) is 0 Å². The van der Waals surface area contributed by atoms with Crippen LogP contribution >= 0.6 is 0 Å². The van der Waals surface area contributed by atoms with E-state index < -0.39 is 0 Å². The van der Waals surface area contributed by atoms with Crippen LogP contribution in [-0.4, -0.2) is 17.9 Å². The summed E-state index contributed by atoms with van der Waals surface area (Å²) in [5.74, 6) is 0.450. The lowest BCUT2D eigenvalue weighted by molar-refractivity contribution is -0.125. The summed E-state index contributed by atoms with van der Waals surface area (Å²) >= 11 is 0. The van der Waals surface area contributed by atoms with Crippen LogP contribution < -0.4 is 5.32 Å². The molecule has 1 fully saturated rings. The normalized spacial score (nSPS) is 26.7. The summed E-state index contributed by atoms with van der Waals surface area (Å²) < 4.78 is 0. The summed E-state index contributed by atoms with van der Waals surface area (Å²) in [6, 6.07) is 0. The van der Waals surface area contributed by atoms with Crippen molar-refractivity contribution in [3.63, 3.8) is 0 Å². The lowest BCUT2D eigenvalue weighted by Crippen LogP contribution is -2.46. The first-order valence-electron chi connectivity index (χ1n) is 6.03. The third kappa shape index (κ3) is 2.57. The van der Waals surface area contributed by atoms with Gasteiger partial charge in [0.2, 0.25) is 0 Å². The van der Waals surface area contributed by atoms with E-state index in [1.165, 1.54) is 12.8 Å². The summed E-state index contributed by atoms with van der Waals surface area (Å²) in [5, 5.41) is 3.40. The lowest BCUT2D eigenvalue weighted by atomic mass is 9.86. The van der Waals surface area contributed by atoms with E-state index in [1.807, 2.05) is 0 Å². The van der Waals surface area contributed by atoms with E-state index in [2.05, 4.69) is 19.2 Å². The van der Waals surface area contributed by atoms with Crippen molar-refractivity contribution < 1.29 is 4.79 Å². The molecule has 0 aromatic heterocycles. The molecule has 1 aliphatic heterocycles. The number of carbonyl (C=O) groups is 1. The average molecular weight is 197 g/mol. The number of nitrogens with one attached hydrogen (secondary N) is 1. The monoisotopic (exact) mass is 197 g/mol. The van der Waals surface area contributed by atoms with Gasteiger partial charge in [-0.15, -0.1) is 0 Å². The maximum Gasteiger partial charge on any atom is 0.152 e. The van der Waals surface area contributed by atoms with Crippen LogP contribution in [0.3, 0.4) is 0 Å². The summed E-state index contributed by atoms with van der Waals surface area (Å²) in [7, 11) is 0. The Kier molecular flexibility index (Phi) is 4.59. The van der Waals surface area contributed by atoms with Gasteiger partial charge in [0.05, 0.1) is 5.54 Å². The molecule has 1 rings (SSSR count). The minimum absolute atomic E-state index is 0.145. The molecule has 1 aliphatic rings. The molecule has 1 heterocycles. The fraction of sp³-hybridized carbons (Fsp3) is 0.917. The molecule has 0 spiro atoms. The van der Waals surface area contributed by atoms with Crippen molar-refractivity contribution in [2.24, 2.45) is 0 Å². The van der Waals surface area contributed by atoms with Gasteiger partial charge in [-0.3, -0.25) is 4.79 Å². The Balaban J connectivity index is 2.40. The molecule has 0 amide bonds. The number of carbonyl (C=O) groups excluding carboxylic acids is 1. The minimum atomic E-state index is -0.145. The standard InChI is InChI=1S/C12H23NO/c1-3-5-6-8-11(14)12(4-2)9-7-10-13-12/h13H,3-10H2,1-2H3. The van der Waals surface area contributed by atoms with Crippen LogP contribution in [0, 0.1) is 0 Å². The van der Waals surface area contributed by atoms with Crippen LogP contribution in [0.1, 0.15) is 58.8 Å². The van der Waals surface area contributed by atoms with Crippen LogP contribution in [-0.2, 0) is 4.79 Å². The van der Waals surface area contributed by atoms with E-state index in [0.717, 1.165) is 38.6 Å². The highest BCUT2D eigenvalue weighted by Crippen LogP contribution is 2.26. The van der Waals surface area contributed by atoms with Crippen molar-refractivity contribution in [2.45, 2.75) is 64.3 Å². The molecule has 1 N–H and O–H groups in total. The van der Waals surface area contributed by atoms with Crippen LogP contribution in [0.25, 0.3) is 0 Å². The van der Waals surface area contributed by atoms with Crippen molar-refractivity contribution in [1.29, 1.82) is 0 Å². The smallest absolute Gasteiger partial charge is 0.152 e. The molecule has 2 nitrogen and oxygen atoms in total. The topological polar surface area (TPSA) is 29.1 Å². The summed E-state index contributed by atoms with van der Waals surface area (Å²) in [6.07, 6.45) is 7.39. The molecular weight excluding hydrogens is 174 g/mol. The molecule has 0 aromatic rings. The molecule has 1 saturated heterocycles. The molecule has 14 heavy (non-hydrogen) atoms. The Morgan fingerprint density at radius 3 is 2.64 bits per heavy atom. The van der Waals surface area contributed by atoms with Gasteiger partial charge in [0.25, 0.3) is 0 Å². The van der Waals surface area contributed by atoms with Crippen molar-refractivity contribution >= 4 is 5.78 Å². The van der Waals surface area contributed by atoms with Crippen LogP contribution in [0.5, 0.6) is 0 Å². The molecule has 0 aliphatic carbocycles. The Bertz CT molecular complexity index is 183. The van der Waals surface area contributed by atoms with Crippen LogP contribution in [0.4, 0.5) is 0 Å². The van der Waals surface area contributed by atoms with Gasteiger partial charge in [-0.2, -0.15) is 0 Å². The fourth-order valence-corrected chi connectivity index (χ4v) is 2.32. The Morgan fingerprint density at radius 2 is 2.14 bits per heavy atom. The summed E-state index contributed by atoms with van der Waals surface area (Å²) in [6.45, 7) is 5.32. The first kappa shape index (κ1) is 11.7. The predicted octanol–water partition coefficient (Wildman–Crippen LogP) is 2.67. The Labute approximate surface area is 87.5 Å². The van der Waals surface area contributed by atoms with Crippen molar-refractivity contribution in [3.05, 3.63) is 0 Å². The molecular formula is C12H23NO. The highest BCUT2D eigenvalue weighted by Gasteiger charge is 2.37. The summed E-state index contributed by atoms with van der Waals surface area (Å²) in [4.78, 5) is 12.0. The van der Waals surface area contributed by atoms with Crippen molar-refractivity contribution in [3.8, 4) is 0 Å². The van der Waals surface area contributed by atoms with E-state index in [1.54, 1.807) is 0 Å². The minimum Gasteiger partial charge on any atom is -0.305 e. The number of rotatable bonds is 6. The van der Waals surface area contributed by atoms with Crippen molar-refractivity contribution in [1.82, 2.24) is 5.32 Å². The van der Waals surface area contributed by atoms with E-state index >= 15 is 0 Å². The Hall–Kier alpha value is -0.370. The van der Waals surface area contributed by atoms with Crippen LogP contribution in [0.2, 0.25) is 0 Å². The second-order valence-corrected chi connectivity index (χ2v) is 4.35. The quantitative estimate of drug-likeness (QED) is 0.663. The lowest BCUT2D eigenvalue weighted by Gasteiger charge is -2.26. The van der Waals surface area contributed by atoms with Gasteiger partial charge < -0.3 is 5.32 Å². The highest BCUT2D eigenvalue weighted by atomic mass is 16.1. The summed E-state index contributed by atoms with van der Waals surface area (Å²) in [5.41, 5.74) is -0.145. The van der Waals surface area contributed by atoms with E-state index in [-0.39, 0.29) is 5.54 Å². The van der Waals surface area contributed by atoms with Gasteiger partial charge in [-0.25, -0.2) is 0 Å². The van der Waals surface area contributed by atoms with Gasteiger partial charge in [-0.05, 0) is 32.2 Å².